The summed E-state index contributed by atoms with van der Waals surface area (Å²) in [6.07, 6.45) is 0.242. The molecule has 1 saturated heterocycles. The second-order valence-corrected chi connectivity index (χ2v) is 10.2. The fourth-order valence-electron chi connectivity index (χ4n) is 5.39. The molecule has 0 radical (unpaired) electrons. The predicted octanol–water partition coefficient (Wildman–Crippen LogP) is 4.77. The number of alkyl halides is 1. The average molecular weight is 564 g/mol. The number of esters is 1. The molecule has 0 amide bonds. The van der Waals surface area contributed by atoms with Crippen LogP contribution >= 0.6 is 0 Å². The number of fused-ring (bicyclic) bond motifs is 1. The molecule has 2 aromatic carbocycles. The van der Waals surface area contributed by atoms with Crippen LogP contribution in [0.15, 0.2) is 55.1 Å². The van der Waals surface area contributed by atoms with E-state index in [1.807, 2.05) is 24.3 Å². The van der Waals surface area contributed by atoms with E-state index in [9.17, 15) is 14.7 Å². The highest BCUT2D eigenvalue weighted by molar-refractivity contribution is 5.89. The van der Waals surface area contributed by atoms with Crippen LogP contribution in [-0.4, -0.2) is 54.9 Å². The summed E-state index contributed by atoms with van der Waals surface area (Å²) in [6.45, 7) is 5.91. The number of para-hydroxylation sites is 1. The number of nitrogens with one attached hydrogen (secondary N) is 1. The van der Waals surface area contributed by atoms with Crippen molar-refractivity contribution in [1.29, 1.82) is 0 Å². The first-order valence-corrected chi connectivity index (χ1v) is 12.9. The fraction of sp³-hybridized carbons (Fsp3) is 0.345. The zero-order chi connectivity index (χ0) is 29.5. The van der Waals surface area contributed by atoms with Gasteiger partial charge in [0.15, 0.2) is 34.5 Å². The predicted molar refractivity (Wildman–Crippen MR) is 146 cm³/mol. The number of imidazole rings is 1. The van der Waals surface area contributed by atoms with Crippen molar-refractivity contribution in [1.82, 2.24) is 19.5 Å². The molecule has 2 aromatic heterocycles. The van der Waals surface area contributed by atoms with Gasteiger partial charge in [0, 0.05) is 19.0 Å². The lowest BCUT2D eigenvalue weighted by atomic mass is 9.80. The van der Waals surface area contributed by atoms with Crippen LogP contribution in [0.2, 0.25) is 0 Å². The highest BCUT2D eigenvalue weighted by atomic mass is 19.1. The van der Waals surface area contributed by atoms with E-state index in [0.717, 1.165) is 5.56 Å². The number of benzene rings is 2. The number of aromatic carboxylic acids is 1. The Balaban J connectivity index is 1.56. The highest BCUT2D eigenvalue weighted by Crippen LogP contribution is 2.57. The van der Waals surface area contributed by atoms with E-state index in [4.69, 9.17) is 14.2 Å². The SMILES string of the molecule is COc1ccccc1CNc1ncnc2c1ncn2C1O[C@H](c2cccc(C(=O)O)c2C)C(C)(OC(C)=O)[C@@]1(C)F. The molecule has 1 fully saturated rings. The van der Waals surface area contributed by atoms with Gasteiger partial charge in [-0.2, -0.15) is 0 Å². The molecule has 12 heteroatoms. The van der Waals surface area contributed by atoms with Gasteiger partial charge in [-0.25, -0.2) is 24.1 Å². The van der Waals surface area contributed by atoms with Crippen molar-refractivity contribution < 1.29 is 33.3 Å². The first kappa shape index (κ1) is 28.0. The number of hydrogen-bond donors (Lipinski definition) is 2. The van der Waals surface area contributed by atoms with Crippen LogP contribution < -0.4 is 10.1 Å². The monoisotopic (exact) mass is 563 g/mol. The summed E-state index contributed by atoms with van der Waals surface area (Å²) in [5.41, 5.74) is -1.78. The maximum atomic E-state index is 17.0. The minimum Gasteiger partial charge on any atom is -0.496 e. The van der Waals surface area contributed by atoms with E-state index >= 15 is 4.39 Å². The molecule has 0 spiro atoms. The van der Waals surface area contributed by atoms with Gasteiger partial charge in [-0.1, -0.05) is 30.3 Å². The Morgan fingerprint density at radius 2 is 1.90 bits per heavy atom. The van der Waals surface area contributed by atoms with Crippen LogP contribution in [0, 0.1) is 6.92 Å². The number of nitrogens with zero attached hydrogens (tertiary/aromatic N) is 4. The molecule has 0 bridgehead atoms. The van der Waals surface area contributed by atoms with Gasteiger partial charge in [0.2, 0.25) is 0 Å². The van der Waals surface area contributed by atoms with Crippen molar-refractivity contribution in [2.24, 2.45) is 0 Å². The standard InChI is InChI=1S/C29H30FN5O6/c1-16-19(10-8-11-20(16)26(37)38)23-29(4,41-17(2)36)28(3,30)27(40-23)35-15-34-22-24(32-14-33-25(22)35)31-13-18-9-6-7-12-21(18)39-5/h6-12,14-15,23,27H,13H2,1-5H3,(H,37,38)(H,31,32,33)/t23-,27?,28+,29?/m1/s1. The summed E-state index contributed by atoms with van der Waals surface area (Å²) in [4.78, 5) is 37.2. The van der Waals surface area contributed by atoms with Gasteiger partial charge in [0.25, 0.3) is 0 Å². The second kappa shape index (κ2) is 10.4. The molecule has 2 unspecified atom stereocenters. The number of methoxy groups -OCH3 is 1. The molecular weight excluding hydrogens is 533 g/mol. The molecular formula is C29H30FN5O6. The molecule has 0 aliphatic carbocycles. The van der Waals surface area contributed by atoms with Gasteiger partial charge in [-0.15, -0.1) is 0 Å². The lowest BCUT2D eigenvalue weighted by Gasteiger charge is -2.37. The number of aromatic nitrogens is 4. The number of rotatable bonds is 8. The zero-order valence-electron chi connectivity index (χ0n) is 23.2. The van der Waals surface area contributed by atoms with E-state index in [1.165, 1.54) is 44.1 Å². The Morgan fingerprint density at radius 3 is 2.61 bits per heavy atom. The zero-order valence-corrected chi connectivity index (χ0v) is 23.2. The second-order valence-electron chi connectivity index (χ2n) is 10.2. The lowest BCUT2D eigenvalue weighted by molar-refractivity contribution is -0.174. The van der Waals surface area contributed by atoms with Crippen molar-refractivity contribution in [3.63, 3.8) is 0 Å². The van der Waals surface area contributed by atoms with Gasteiger partial charge >= 0.3 is 11.9 Å². The summed E-state index contributed by atoms with van der Waals surface area (Å²) in [6, 6.07) is 12.2. The van der Waals surface area contributed by atoms with E-state index in [2.05, 4.69) is 20.3 Å². The first-order valence-electron chi connectivity index (χ1n) is 12.9. The van der Waals surface area contributed by atoms with Crippen LogP contribution in [0.5, 0.6) is 5.75 Å². The molecule has 0 saturated carbocycles. The van der Waals surface area contributed by atoms with E-state index in [-0.39, 0.29) is 5.56 Å². The number of hydrogen-bond acceptors (Lipinski definition) is 9. The quantitative estimate of drug-likeness (QED) is 0.288. The summed E-state index contributed by atoms with van der Waals surface area (Å²) in [5.74, 6) is -0.719. The molecule has 41 heavy (non-hydrogen) atoms. The lowest BCUT2D eigenvalue weighted by Crippen LogP contribution is -2.51. The molecule has 4 atom stereocenters. The molecule has 2 N–H and O–H groups in total. The van der Waals surface area contributed by atoms with Crippen LogP contribution in [-0.2, 0) is 20.8 Å². The Bertz CT molecular complexity index is 1640. The van der Waals surface area contributed by atoms with E-state index < -0.39 is 35.5 Å². The maximum Gasteiger partial charge on any atom is 0.335 e. The fourth-order valence-corrected chi connectivity index (χ4v) is 5.39. The Hall–Kier alpha value is -4.58. The van der Waals surface area contributed by atoms with Gasteiger partial charge in [0.1, 0.15) is 18.2 Å². The topological polar surface area (TPSA) is 138 Å². The Morgan fingerprint density at radius 1 is 1.15 bits per heavy atom. The third-order valence-corrected chi connectivity index (χ3v) is 7.69. The van der Waals surface area contributed by atoms with Crippen molar-refractivity contribution >= 4 is 28.9 Å². The minimum atomic E-state index is -2.31. The van der Waals surface area contributed by atoms with Crippen LogP contribution in [0.1, 0.15) is 60.2 Å². The highest BCUT2D eigenvalue weighted by Gasteiger charge is 2.67. The third-order valence-electron chi connectivity index (χ3n) is 7.69. The van der Waals surface area contributed by atoms with Crippen molar-refractivity contribution in [2.75, 3.05) is 12.4 Å². The van der Waals surface area contributed by atoms with Crippen LogP contribution in [0.25, 0.3) is 11.2 Å². The smallest absolute Gasteiger partial charge is 0.335 e. The van der Waals surface area contributed by atoms with Crippen molar-refractivity contribution in [2.45, 2.75) is 57.8 Å². The molecule has 4 aromatic rings. The van der Waals surface area contributed by atoms with Gasteiger partial charge in [-0.3, -0.25) is 9.36 Å². The van der Waals surface area contributed by atoms with Gasteiger partial charge in [-0.05, 0) is 44.0 Å². The summed E-state index contributed by atoms with van der Waals surface area (Å²) < 4.78 is 35.8. The number of carbonyl (C=O) groups is 2. The minimum absolute atomic E-state index is 0.0341. The summed E-state index contributed by atoms with van der Waals surface area (Å²) in [5, 5.41) is 12.9. The van der Waals surface area contributed by atoms with Crippen LogP contribution in [0.3, 0.4) is 0 Å². The molecule has 214 valence electrons. The van der Waals surface area contributed by atoms with E-state index in [0.29, 0.717) is 40.4 Å². The third kappa shape index (κ3) is 4.63. The van der Waals surface area contributed by atoms with Gasteiger partial charge < -0.3 is 24.6 Å². The van der Waals surface area contributed by atoms with Crippen LogP contribution in [0.4, 0.5) is 10.2 Å². The average Bonchev–Trinajstić information content (AvgIpc) is 3.44. The van der Waals surface area contributed by atoms with Gasteiger partial charge in [0.05, 0.1) is 19.0 Å². The molecule has 5 rings (SSSR count). The number of carboxylic acid groups (broad SMARTS) is 1. The Kier molecular flexibility index (Phi) is 7.12. The number of halogens is 1. The van der Waals surface area contributed by atoms with Crippen molar-refractivity contribution in [3.8, 4) is 5.75 Å². The number of carboxylic acids is 1. The van der Waals surface area contributed by atoms with Crippen molar-refractivity contribution in [3.05, 3.63) is 77.4 Å². The Labute approximate surface area is 235 Å². The molecule has 1 aliphatic rings. The number of carbonyl (C=O) groups excluding carboxylic acids is 1. The molecule has 11 nitrogen and oxygen atoms in total. The molecule has 3 heterocycles. The normalized spacial score (nSPS) is 23.9. The largest absolute Gasteiger partial charge is 0.496 e. The first-order chi connectivity index (χ1) is 19.5. The number of anilines is 1. The molecule has 1 aliphatic heterocycles. The number of ether oxygens (including phenoxy) is 3. The summed E-state index contributed by atoms with van der Waals surface area (Å²) in [7, 11) is 1.59. The summed E-state index contributed by atoms with van der Waals surface area (Å²) >= 11 is 0. The maximum absolute atomic E-state index is 17.0. The van der Waals surface area contributed by atoms with E-state index in [1.54, 1.807) is 26.2 Å².